The standard InChI is InChI=1S/C28H26ClNO5/c1-34-17-5-16-30-25(20-10-14-23(15-11-20)35-18-19-6-3-2-4-7-19)24(27(32)28(30)33)26(31)21-8-12-22(29)13-9-21/h2-4,6-15,25,31H,5,16-18H2,1H3. The molecule has 1 heterocycles. The highest BCUT2D eigenvalue weighted by atomic mass is 35.5. The number of ketones is 1. The molecule has 0 saturated carbocycles. The number of likely N-dealkylation sites (tertiary alicyclic amines) is 1. The largest absolute Gasteiger partial charge is 0.507 e. The normalized spacial score (nSPS) is 17.1. The first-order valence-corrected chi connectivity index (χ1v) is 11.7. The Morgan fingerprint density at radius 3 is 2.31 bits per heavy atom. The number of hydrogen-bond acceptors (Lipinski definition) is 5. The fourth-order valence-corrected chi connectivity index (χ4v) is 4.21. The van der Waals surface area contributed by atoms with Crippen LogP contribution in [0.3, 0.4) is 0 Å². The second-order valence-corrected chi connectivity index (χ2v) is 8.63. The minimum Gasteiger partial charge on any atom is -0.507 e. The summed E-state index contributed by atoms with van der Waals surface area (Å²) in [4.78, 5) is 27.5. The summed E-state index contributed by atoms with van der Waals surface area (Å²) >= 11 is 5.98. The molecule has 0 spiro atoms. The lowest BCUT2D eigenvalue weighted by atomic mass is 9.95. The molecular weight excluding hydrogens is 466 g/mol. The SMILES string of the molecule is COCCCN1C(=O)C(=O)C(=C(O)c2ccc(Cl)cc2)C1c1ccc(OCc2ccccc2)cc1. The van der Waals surface area contributed by atoms with Gasteiger partial charge in [-0.1, -0.05) is 54.1 Å². The van der Waals surface area contributed by atoms with E-state index in [9.17, 15) is 14.7 Å². The van der Waals surface area contributed by atoms with Gasteiger partial charge in [0.25, 0.3) is 11.7 Å². The summed E-state index contributed by atoms with van der Waals surface area (Å²) in [6.07, 6.45) is 0.555. The summed E-state index contributed by atoms with van der Waals surface area (Å²) in [5.41, 5.74) is 2.21. The molecule has 180 valence electrons. The molecule has 1 saturated heterocycles. The number of carbonyl (C=O) groups is 2. The quantitative estimate of drug-likeness (QED) is 0.188. The van der Waals surface area contributed by atoms with E-state index in [1.165, 1.54) is 4.90 Å². The Morgan fingerprint density at radius 2 is 1.66 bits per heavy atom. The molecule has 0 aromatic heterocycles. The minimum absolute atomic E-state index is 0.0488. The number of rotatable bonds is 9. The van der Waals surface area contributed by atoms with Gasteiger partial charge in [0.15, 0.2) is 0 Å². The number of benzene rings is 3. The second kappa shape index (κ2) is 11.2. The average molecular weight is 492 g/mol. The van der Waals surface area contributed by atoms with Crippen LogP contribution in [0.1, 0.15) is 29.2 Å². The van der Waals surface area contributed by atoms with Gasteiger partial charge in [-0.05, 0) is 53.9 Å². The first-order valence-electron chi connectivity index (χ1n) is 11.3. The van der Waals surface area contributed by atoms with E-state index in [2.05, 4.69) is 0 Å². The van der Waals surface area contributed by atoms with Gasteiger partial charge in [0.1, 0.15) is 18.1 Å². The Labute approximate surface area is 209 Å². The highest BCUT2D eigenvalue weighted by Gasteiger charge is 2.45. The minimum atomic E-state index is -0.731. The molecule has 3 aromatic carbocycles. The number of methoxy groups -OCH3 is 1. The van der Waals surface area contributed by atoms with Crippen molar-refractivity contribution in [2.45, 2.75) is 19.1 Å². The van der Waals surface area contributed by atoms with E-state index in [4.69, 9.17) is 21.1 Å². The fraction of sp³-hybridized carbons (Fsp3) is 0.214. The van der Waals surface area contributed by atoms with Gasteiger partial charge < -0.3 is 19.5 Å². The maximum absolute atomic E-state index is 13.0. The summed E-state index contributed by atoms with van der Waals surface area (Å²) in [7, 11) is 1.58. The Bertz CT molecular complexity index is 1210. The Morgan fingerprint density at radius 1 is 0.971 bits per heavy atom. The van der Waals surface area contributed by atoms with E-state index in [1.807, 2.05) is 42.5 Å². The number of amides is 1. The number of nitrogens with zero attached hydrogens (tertiary/aromatic N) is 1. The maximum Gasteiger partial charge on any atom is 0.295 e. The lowest BCUT2D eigenvalue weighted by molar-refractivity contribution is -0.140. The molecule has 1 fully saturated rings. The molecule has 1 aliphatic heterocycles. The number of ether oxygens (including phenoxy) is 2. The number of aliphatic hydroxyl groups is 1. The Kier molecular flexibility index (Phi) is 7.85. The molecule has 0 aliphatic carbocycles. The summed E-state index contributed by atoms with van der Waals surface area (Å²) in [6, 6.07) is 22.8. The smallest absolute Gasteiger partial charge is 0.295 e. The molecule has 7 heteroatoms. The van der Waals surface area contributed by atoms with Gasteiger partial charge in [0.2, 0.25) is 0 Å². The van der Waals surface area contributed by atoms with Crippen LogP contribution in [0.25, 0.3) is 5.76 Å². The Hall–Kier alpha value is -3.61. The van der Waals surface area contributed by atoms with Crippen molar-refractivity contribution in [2.75, 3.05) is 20.3 Å². The van der Waals surface area contributed by atoms with E-state index in [0.717, 1.165) is 5.56 Å². The first kappa shape index (κ1) is 24.5. The van der Waals surface area contributed by atoms with Gasteiger partial charge in [-0.2, -0.15) is 0 Å². The van der Waals surface area contributed by atoms with Gasteiger partial charge in [-0.15, -0.1) is 0 Å². The molecule has 6 nitrogen and oxygen atoms in total. The van der Waals surface area contributed by atoms with Crippen molar-refractivity contribution in [3.63, 3.8) is 0 Å². The molecule has 1 amide bonds. The third-order valence-electron chi connectivity index (χ3n) is 5.85. The van der Waals surface area contributed by atoms with Crippen molar-refractivity contribution < 1.29 is 24.2 Å². The number of carbonyl (C=O) groups excluding carboxylic acids is 2. The molecule has 1 unspecified atom stereocenters. The van der Waals surface area contributed by atoms with E-state index < -0.39 is 17.7 Å². The van der Waals surface area contributed by atoms with Crippen LogP contribution in [-0.2, 0) is 20.9 Å². The van der Waals surface area contributed by atoms with Crippen molar-refractivity contribution in [1.29, 1.82) is 0 Å². The number of halogens is 1. The van der Waals surface area contributed by atoms with Gasteiger partial charge >= 0.3 is 0 Å². The second-order valence-electron chi connectivity index (χ2n) is 8.19. The van der Waals surface area contributed by atoms with E-state index >= 15 is 0 Å². The summed E-state index contributed by atoms with van der Waals surface area (Å²) < 4.78 is 11.0. The molecule has 3 aromatic rings. The third kappa shape index (κ3) is 5.56. The fourth-order valence-electron chi connectivity index (χ4n) is 4.09. The molecule has 35 heavy (non-hydrogen) atoms. The van der Waals surface area contributed by atoms with Crippen LogP contribution in [-0.4, -0.2) is 42.0 Å². The predicted octanol–water partition coefficient (Wildman–Crippen LogP) is 5.38. The van der Waals surface area contributed by atoms with Gasteiger partial charge in [-0.25, -0.2) is 0 Å². The van der Waals surface area contributed by atoms with Crippen LogP contribution in [0.4, 0.5) is 0 Å². The zero-order chi connectivity index (χ0) is 24.8. The summed E-state index contributed by atoms with van der Waals surface area (Å²) in [5.74, 6) is -0.939. The highest BCUT2D eigenvalue weighted by Crippen LogP contribution is 2.40. The molecule has 1 aliphatic rings. The van der Waals surface area contributed by atoms with Crippen LogP contribution in [0.2, 0.25) is 5.02 Å². The monoisotopic (exact) mass is 491 g/mol. The molecular formula is C28H26ClNO5. The summed E-state index contributed by atoms with van der Waals surface area (Å²) in [5, 5.41) is 11.6. The van der Waals surface area contributed by atoms with Crippen molar-refractivity contribution >= 4 is 29.1 Å². The molecule has 0 bridgehead atoms. The zero-order valence-electron chi connectivity index (χ0n) is 19.3. The van der Waals surface area contributed by atoms with Crippen molar-refractivity contribution in [2.24, 2.45) is 0 Å². The lowest BCUT2D eigenvalue weighted by Crippen LogP contribution is -2.31. The van der Waals surface area contributed by atoms with Crippen LogP contribution in [0.5, 0.6) is 5.75 Å². The predicted molar refractivity (Wildman–Crippen MR) is 134 cm³/mol. The van der Waals surface area contributed by atoms with E-state index in [1.54, 1.807) is 43.5 Å². The third-order valence-corrected chi connectivity index (χ3v) is 6.10. The Balaban J connectivity index is 1.66. The molecule has 0 radical (unpaired) electrons. The lowest BCUT2D eigenvalue weighted by Gasteiger charge is -2.25. The molecule has 1 atom stereocenters. The first-order chi connectivity index (χ1) is 17.0. The van der Waals surface area contributed by atoms with Crippen molar-refractivity contribution in [3.05, 3.63) is 106 Å². The topological polar surface area (TPSA) is 76.1 Å². The highest BCUT2D eigenvalue weighted by molar-refractivity contribution is 6.46. The number of Topliss-reactive ketones (excluding diaryl/α,β-unsaturated/α-hetero) is 1. The van der Waals surface area contributed by atoms with Crippen LogP contribution >= 0.6 is 11.6 Å². The molecule has 1 N–H and O–H groups in total. The van der Waals surface area contributed by atoms with E-state index in [0.29, 0.717) is 48.1 Å². The van der Waals surface area contributed by atoms with Gasteiger partial charge in [0, 0.05) is 30.8 Å². The maximum atomic E-state index is 13.0. The number of aliphatic hydroxyl groups excluding tert-OH is 1. The van der Waals surface area contributed by atoms with Crippen LogP contribution in [0, 0.1) is 0 Å². The van der Waals surface area contributed by atoms with Crippen molar-refractivity contribution in [3.8, 4) is 5.75 Å². The number of hydrogen-bond donors (Lipinski definition) is 1. The van der Waals surface area contributed by atoms with Crippen LogP contribution in [0.15, 0.2) is 84.4 Å². The van der Waals surface area contributed by atoms with Crippen molar-refractivity contribution in [1.82, 2.24) is 4.90 Å². The zero-order valence-corrected chi connectivity index (χ0v) is 20.1. The van der Waals surface area contributed by atoms with Gasteiger partial charge in [-0.3, -0.25) is 9.59 Å². The average Bonchev–Trinajstić information content (AvgIpc) is 3.13. The molecule has 4 rings (SSSR count). The summed E-state index contributed by atoms with van der Waals surface area (Å²) in [6.45, 7) is 1.18. The van der Waals surface area contributed by atoms with E-state index in [-0.39, 0.29) is 11.3 Å². The van der Waals surface area contributed by atoms with Crippen LogP contribution < -0.4 is 4.74 Å². The van der Waals surface area contributed by atoms with Gasteiger partial charge in [0.05, 0.1) is 11.6 Å².